The molecule has 0 bridgehead atoms. The molecule has 2 aliphatic carbocycles. The number of likely N-dealkylation sites (tertiary alicyclic amines) is 1. The zero-order valence-corrected chi connectivity index (χ0v) is 17.8. The first-order valence-corrected chi connectivity index (χ1v) is 12.1. The van der Waals surface area contributed by atoms with Gasteiger partial charge in [-0.1, -0.05) is 25.3 Å². The first-order valence-electron chi connectivity index (χ1n) is 12.1. The summed E-state index contributed by atoms with van der Waals surface area (Å²) in [5.41, 5.74) is 2.99. The Bertz CT molecular complexity index is 716. The highest BCUT2D eigenvalue weighted by atomic mass is 16.5. The monoisotopic (exact) mass is 396 g/mol. The van der Waals surface area contributed by atoms with Crippen molar-refractivity contribution in [3.63, 3.8) is 0 Å². The van der Waals surface area contributed by atoms with Gasteiger partial charge in [-0.2, -0.15) is 0 Å². The summed E-state index contributed by atoms with van der Waals surface area (Å²) in [6, 6.07) is 7.62. The smallest absolute Gasteiger partial charge is 0.225 e. The number of carbonyl (C=O) groups excluding carboxylic acids is 1. The molecule has 5 rings (SSSR count). The molecule has 0 N–H and O–H groups in total. The van der Waals surface area contributed by atoms with E-state index in [1.807, 2.05) is 0 Å². The average Bonchev–Trinajstić information content (AvgIpc) is 3.17. The van der Waals surface area contributed by atoms with Crippen LogP contribution in [0.25, 0.3) is 0 Å². The van der Waals surface area contributed by atoms with Crippen LogP contribution >= 0.6 is 0 Å². The van der Waals surface area contributed by atoms with Crippen molar-refractivity contribution in [2.45, 2.75) is 82.8 Å². The largest absolute Gasteiger partial charge is 0.490 e. The lowest BCUT2D eigenvalue weighted by atomic mass is 9.91. The molecule has 3 fully saturated rings. The number of ether oxygens (including phenoxy) is 1. The second kappa shape index (κ2) is 8.67. The summed E-state index contributed by atoms with van der Waals surface area (Å²) in [6.07, 6.45) is 13.4. The number of amides is 1. The van der Waals surface area contributed by atoms with Crippen LogP contribution in [-0.2, 0) is 17.6 Å². The van der Waals surface area contributed by atoms with Gasteiger partial charge in [0.05, 0.1) is 0 Å². The third-order valence-electron chi connectivity index (χ3n) is 7.87. The standard InChI is InChI=1S/C25H36N2O2/c28-25(20-4-1-2-5-20)27-16-12-23(13-17-27)29-24-9-8-19-10-14-26(22-6-3-7-22)15-11-21(19)18-24/h8-9,18,20,22-23H,1-7,10-17H2. The van der Waals surface area contributed by atoms with Crippen LogP contribution in [0.15, 0.2) is 18.2 Å². The predicted octanol–water partition coefficient (Wildman–Crippen LogP) is 4.20. The van der Waals surface area contributed by atoms with Gasteiger partial charge >= 0.3 is 0 Å². The van der Waals surface area contributed by atoms with E-state index in [2.05, 4.69) is 28.0 Å². The Morgan fingerprint density at radius 2 is 1.55 bits per heavy atom. The van der Waals surface area contributed by atoms with Crippen molar-refractivity contribution in [2.24, 2.45) is 5.92 Å². The minimum Gasteiger partial charge on any atom is -0.490 e. The second-order valence-corrected chi connectivity index (χ2v) is 9.68. The summed E-state index contributed by atoms with van der Waals surface area (Å²) >= 11 is 0. The molecule has 2 heterocycles. The van der Waals surface area contributed by atoms with E-state index in [4.69, 9.17) is 4.74 Å². The fraction of sp³-hybridized carbons (Fsp3) is 0.720. The Kier molecular flexibility index (Phi) is 5.81. The van der Waals surface area contributed by atoms with Crippen LogP contribution in [-0.4, -0.2) is 54.0 Å². The zero-order chi connectivity index (χ0) is 19.6. The fourth-order valence-corrected chi connectivity index (χ4v) is 5.73. The predicted molar refractivity (Wildman–Crippen MR) is 115 cm³/mol. The average molecular weight is 397 g/mol. The molecule has 0 radical (unpaired) electrons. The van der Waals surface area contributed by atoms with Gasteiger partial charge in [0.15, 0.2) is 0 Å². The molecule has 1 amide bonds. The van der Waals surface area contributed by atoms with Gasteiger partial charge in [-0.15, -0.1) is 0 Å². The normalized spacial score (nSPS) is 24.8. The Balaban J connectivity index is 1.14. The molecule has 1 aromatic rings. The van der Waals surface area contributed by atoms with Crippen molar-refractivity contribution in [3.8, 4) is 5.75 Å². The van der Waals surface area contributed by atoms with Gasteiger partial charge in [0, 0.05) is 51.0 Å². The van der Waals surface area contributed by atoms with Gasteiger partial charge in [-0.25, -0.2) is 0 Å². The zero-order valence-electron chi connectivity index (χ0n) is 17.8. The number of benzene rings is 1. The molecular weight excluding hydrogens is 360 g/mol. The second-order valence-electron chi connectivity index (χ2n) is 9.68. The molecule has 4 aliphatic rings. The van der Waals surface area contributed by atoms with Gasteiger partial charge in [-0.05, 0) is 61.8 Å². The topological polar surface area (TPSA) is 32.8 Å². The summed E-state index contributed by atoms with van der Waals surface area (Å²) < 4.78 is 6.37. The van der Waals surface area contributed by atoms with Crippen molar-refractivity contribution in [2.75, 3.05) is 26.2 Å². The number of piperidine rings is 1. The maximum absolute atomic E-state index is 12.6. The third kappa shape index (κ3) is 4.33. The van der Waals surface area contributed by atoms with E-state index in [-0.39, 0.29) is 6.10 Å². The van der Waals surface area contributed by atoms with Crippen LogP contribution in [0, 0.1) is 5.92 Å². The van der Waals surface area contributed by atoms with Gasteiger partial charge in [0.2, 0.25) is 5.91 Å². The maximum Gasteiger partial charge on any atom is 0.225 e. The van der Waals surface area contributed by atoms with Crippen LogP contribution in [0.5, 0.6) is 5.75 Å². The molecule has 2 aliphatic heterocycles. The maximum atomic E-state index is 12.6. The molecule has 2 saturated carbocycles. The Morgan fingerprint density at radius 1 is 0.828 bits per heavy atom. The SMILES string of the molecule is O=C(C1CCCC1)N1CCC(Oc2ccc3c(c2)CCN(C2CCC2)CC3)CC1. The molecule has 158 valence electrons. The number of hydrogen-bond acceptors (Lipinski definition) is 3. The number of carbonyl (C=O) groups is 1. The minimum atomic E-state index is 0.248. The van der Waals surface area contributed by atoms with E-state index >= 15 is 0 Å². The summed E-state index contributed by atoms with van der Waals surface area (Å²) in [5, 5.41) is 0. The van der Waals surface area contributed by atoms with E-state index in [0.717, 1.165) is 57.0 Å². The third-order valence-corrected chi connectivity index (χ3v) is 7.87. The van der Waals surface area contributed by atoms with Gasteiger partial charge in [0.1, 0.15) is 11.9 Å². The van der Waals surface area contributed by atoms with Crippen molar-refractivity contribution < 1.29 is 9.53 Å². The number of fused-ring (bicyclic) bond motifs is 1. The van der Waals surface area contributed by atoms with Crippen molar-refractivity contribution in [1.29, 1.82) is 0 Å². The van der Waals surface area contributed by atoms with Crippen LogP contribution in [0.2, 0.25) is 0 Å². The molecule has 0 atom stereocenters. The van der Waals surface area contributed by atoms with Crippen molar-refractivity contribution in [1.82, 2.24) is 9.80 Å². The summed E-state index contributed by atoms with van der Waals surface area (Å²) in [4.78, 5) is 17.4. The Labute approximate surface area is 175 Å². The molecule has 1 aromatic carbocycles. The van der Waals surface area contributed by atoms with Gasteiger partial charge < -0.3 is 9.64 Å². The number of rotatable bonds is 4. The molecule has 0 spiro atoms. The lowest BCUT2D eigenvalue weighted by Crippen LogP contribution is -2.43. The molecule has 0 unspecified atom stereocenters. The van der Waals surface area contributed by atoms with Crippen LogP contribution in [0.4, 0.5) is 0 Å². The first kappa shape index (κ1) is 19.4. The van der Waals surface area contributed by atoms with Crippen LogP contribution < -0.4 is 4.74 Å². The molecule has 1 saturated heterocycles. The number of hydrogen-bond donors (Lipinski definition) is 0. The Morgan fingerprint density at radius 3 is 2.24 bits per heavy atom. The van der Waals surface area contributed by atoms with Crippen molar-refractivity contribution in [3.05, 3.63) is 29.3 Å². The first-order chi connectivity index (χ1) is 14.3. The minimum absolute atomic E-state index is 0.248. The van der Waals surface area contributed by atoms with Crippen LogP contribution in [0.1, 0.15) is 68.9 Å². The summed E-state index contributed by atoms with van der Waals surface area (Å²) in [5.74, 6) is 1.74. The lowest BCUT2D eigenvalue weighted by molar-refractivity contribution is -0.137. The fourth-order valence-electron chi connectivity index (χ4n) is 5.73. The highest BCUT2D eigenvalue weighted by Crippen LogP contribution is 2.30. The quantitative estimate of drug-likeness (QED) is 0.765. The molecule has 4 nitrogen and oxygen atoms in total. The van der Waals surface area contributed by atoms with E-state index in [1.165, 1.54) is 62.7 Å². The van der Waals surface area contributed by atoms with E-state index in [0.29, 0.717) is 11.8 Å². The molecule has 0 aromatic heterocycles. The highest BCUT2D eigenvalue weighted by molar-refractivity contribution is 5.79. The number of nitrogens with zero attached hydrogens (tertiary/aromatic N) is 2. The summed E-state index contributed by atoms with van der Waals surface area (Å²) in [6.45, 7) is 4.14. The summed E-state index contributed by atoms with van der Waals surface area (Å²) in [7, 11) is 0. The molecule has 4 heteroatoms. The van der Waals surface area contributed by atoms with Crippen LogP contribution in [0.3, 0.4) is 0 Å². The highest BCUT2D eigenvalue weighted by Gasteiger charge is 2.31. The lowest BCUT2D eigenvalue weighted by Gasteiger charge is -2.36. The van der Waals surface area contributed by atoms with Gasteiger partial charge in [-0.3, -0.25) is 9.69 Å². The van der Waals surface area contributed by atoms with E-state index < -0.39 is 0 Å². The molecule has 29 heavy (non-hydrogen) atoms. The van der Waals surface area contributed by atoms with E-state index in [9.17, 15) is 4.79 Å². The molecular formula is C25H36N2O2. The van der Waals surface area contributed by atoms with Crippen molar-refractivity contribution >= 4 is 5.91 Å². The van der Waals surface area contributed by atoms with Gasteiger partial charge in [0.25, 0.3) is 0 Å². The Hall–Kier alpha value is -1.55. The van der Waals surface area contributed by atoms with E-state index in [1.54, 1.807) is 0 Å².